The average molecular weight is 442 g/mol. The topological polar surface area (TPSA) is 52.6 Å². The Labute approximate surface area is 151 Å². The highest BCUT2D eigenvalue weighted by atomic mass is 79.9. The lowest BCUT2D eigenvalue weighted by Crippen LogP contribution is -2.06. The van der Waals surface area contributed by atoms with E-state index in [2.05, 4.69) is 31.9 Å². The average Bonchev–Trinajstić information content (AvgIpc) is 2.44. The van der Waals surface area contributed by atoms with Crippen LogP contribution < -0.4 is 9.47 Å². The Bertz CT molecular complexity index is 693. The zero-order valence-corrected chi connectivity index (χ0v) is 15.7. The summed E-state index contributed by atoms with van der Waals surface area (Å²) in [6, 6.07) is 10.8. The number of ether oxygens (including phenoxy) is 2. The predicted molar refractivity (Wildman–Crippen MR) is 93.7 cm³/mol. The second-order valence-corrected chi connectivity index (χ2v) is 6.70. The molecule has 0 saturated heterocycles. The van der Waals surface area contributed by atoms with Gasteiger partial charge in [0.05, 0.1) is 0 Å². The van der Waals surface area contributed by atoms with Gasteiger partial charge < -0.3 is 9.47 Å². The normalized spacial score (nSPS) is 10.3. The molecule has 0 radical (unpaired) electrons. The smallest absolute Gasteiger partial charge is 0.308 e. The summed E-state index contributed by atoms with van der Waals surface area (Å²) >= 11 is 6.83. The van der Waals surface area contributed by atoms with Gasteiger partial charge in [0.15, 0.2) is 0 Å². The third-order valence-electron chi connectivity index (χ3n) is 2.93. The summed E-state index contributed by atoms with van der Waals surface area (Å²) in [4.78, 5) is 22.5. The molecule has 0 heterocycles. The molecule has 0 bridgehead atoms. The molecule has 120 valence electrons. The second-order valence-electron chi connectivity index (χ2n) is 4.87. The first-order valence-corrected chi connectivity index (χ1v) is 8.37. The van der Waals surface area contributed by atoms with Crippen LogP contribution in [0.25, 0.3) is 0 Å². The molecule has 0 amide bonds. The Morgan fingerprint density at radius 2 is 1.22 bits per heavy atom. The van der Waals surface area contributed by atoms with Crippen LogP contribution in [0.15, 0.2) is 45.3 Å². The van der Waals surface area contributed by atoms with Gasteiger partial charge in [-0.1, -0.05) is 31.9 Å². The van der Waals surface area contributed by atoms with Gasteiger partial charge in [-0.25, -0.2) is 0 Å². The number of halogens is 2. The minimum Gasteiger partial charge on any atom is -0.426 e. The molecule has 2 aromatic rings. The van der Waals surface area contributed by atoms with Gasteiger partial charge in [-0.3, -0.25) is 9.59 Å². The van der Waals surface area contributed by atoms with Crippen molar-refractivity contribution >= 4 is 43.8 Å². The predicted octanol–water partition coefficient (Wildman–Crippen LogP) is 4.65. The van der Waals surface area contributed by atoms with E-state index in [1.165, 1.54) is 13.8 Å². The number of carbonyl (C=O) groups is 2. The van der Waals surface area contributed by atoms with Crippen molar-refractivity contribution in [1.29, 1.82) is 0 Å². The van der Waals surface area contributed by atoms with Gasteiger partial charge in [-0.2, -0.15) is 0 Å². The summed E-state index contributed by atoms with van der Waals surface area (Å²) in [7, 11) is 0. The molecule has 0 aliphatic carbocycles. The molecule has 0 atom stereocenters. The largest absolute Gasteiger partial charge is 0.426 e. The van der Waals surface area contributed by atoms with Crippen LogP contribution in [0.1, 0.15) is 25.0 Å². The molecular formula is C17H14Br2O4. The van der Waals surface area contributed by atoms with Crippen LogP contribution in [0.4, 0.5) is 0 Å². The quantitative estimate of drug-likeness (QED) is 0.511. The van der Waals surface area contributed by atoms with Gasteiger partial charge in [-0.05, 0) is 36.4 Å². The second kappa shape index (κ2) is 7.75. The van der Waals surface area contributed by atoms with Crippen molar-refractivity contribution in [3.63, 3.8) is 0 Å². The van der Waals surface area contributed by atoms with Crippen LogP contribution in [-0.2, 0) is 16.0 Å². The molecule has 0 spiro atoms. The zero-order chi connectivity index (χ0) is 17.0. The van der Waals surface area contributed by atoms with Crippen LogP contribution in [0, 0.1) is 0 Å². The molecular weight excluding hydrogens is 428 g/mol. The number of hydrogen-bond donors (Lipinski definition) is 0. The molecule has 6 heteroatoms. The van der Waals surface area contributed by atoms with Crippen molar-refractivity contribution in [1.82, 2.24) is 0 Å². The summed E-state index contributed by atoms with van der Waals surface area (Å²) in [5.41, 5.74) is 1.61. The van der Waals surface area contributed by atoms with Gasteiger partial charge in [0.25, 0.3) is 0 Å². The molecule has 23 heavy (non-hydrogen) atoms. The summed E-state index contributed by atoms with van der Waals surface area (Å²) in [6.07, 6.45) is 0.449. The minimum absolute atomic E-state index is 0.386. The molecule has 2 rings (SSSR count). The molecule has 2 aromatic carbocycles. The molecule has 0 unspecified atom stereocenters. The van der Waals surface area contributed by atoms with Crippen molar-refractivity contribution in [2.75, 3.05) is 0 Å². The maximum Gasteiger partial charge on any atom is 0.308 e. The maximum atomic E-state index is 11.3. The zero-order valence-electron chi connectivity index (χ0n) is 12.6. The van der Waals surface area contributed by atoms with E-state index in [9.17, 15) is 9.59 Å². The fraction of sp³-hybridized carbons (Fsp3) is 0.176. The molecule has 0 aliphatic rings. The molecule has 0 aliphatic heterocycles. The summed E-state index contributed by atoms with van der Waals surface area (Å²) in [6.45, 7) is 2.71. The lowest BCUT2D eigenvalue weighted by molar-refractivity contribution is -0.132. The Kier molecular flexibility index (Phi) is 5.96. The van der Waals surface area contributed by atoms with Crippen molar-refractivity contribution in [2.24, 2.45) is 0 Å². The summed E-state index contributed by atoms with van der Waals surface area (Å²) < 4.78 is 12.2. The lowest BCUT2D eigenvalue weighted by atomic mass is 10.0. The number of hydrogen-bond acceptors (Lipinski definition) is 4. The highest BCUT2D eigenvalue weighted by Gasteiger charge is 2.13. The molecule has 0 saturated carbocycles. The van der Waals surface area contributed by atoms with Crippen LogP contribution in [0.5, 0.6) is 11.5 Å². The number of esters is 2. The third kappa shape index (κ3) is 5.18. The molecule has 4 nitrogen and oxygen atoms in total. The van der Waals surface area contributed by atoms with E-state index in [4.69, 9.17) is 9.47 Å². The van der Waals surface area contributed by atoms with Crippen molar-refractivity contribution in [3.8, 4) is 11.5 Å². The van der Waals surface area contributed by atoms with E-state index in [1.807, 2.05) is 12.1 Å². The van der Waals surface area contributed by atoms with E-state index >= 15 is 0 Å². The highest BCUT2D eigenvalue weighted by molar-refractivity contribution is 9.10. The van der Waals surface area contributed by atoms with E-state index < -0.39 is 0 Å². The van der Waals surface area contributed by atoms with Gasteiger partial charge in [0, 0.05) is 40.3 Å². The minimum atomic E-state index is -0.386. The standard InChI is InChI=1S/C17H14Br2O4/c1-10(20)22-16-5-3-14(18)8-12(16)7-13-9-15(19)4-6-17(13)23-11(2)21/h3-6,8-9H,7H2,1-2H3. The van der Waals surface area contributed by atoms with Crippen LogP contribution in [0.2, 0.25) is 0 Å². The van der Waals surface area contributed by atoms with Gasteiger partial charge in [-0.15, -0.1) is 0 Å². The number of benzene rings is 2. The Morgan fingerprint density at radius 1 is 0.826 bits per heavy atom. The SMILES string of the molecule is CC(=O)Oc1ccc(Br)cc1Cc1cc(Br)ccc1OC(C)=O. The van der Waals surface area contributed by atoms with E-state index in [0.717, 1.165) is 20.1 Å². The molecule has 0 aromatic heterocycles. The van der Waals surface area contributed by atoms with Crippen molar-refractivity contribution < 1.29 is 19.1 Å². The van der Waals surface area contributed by atoms with E-state index in [0.29, 0.717) is 17.9 Å². The Hall–Kier alpha value is -1.66. The summed E-state index contributed by atoms with van der Waals surface area (Å²) in [5.74, 6) is 0.190. The fourth-order valence-electron chi connectivity index (χ4n) is 2.09. The molecule has 0 fully saturated rings. The Morgan fingerprint density at radius 3 is 1.57 bits per heavy atom. The number of rotatable bonds is 4. The first-order valence-electron chi connectivity index (χ1n) is 6.79. The first-order chi connectivity index (χ1) is 10.8. The van der Waals surface area contributed by atoms with Crippen LogP contribution >= 0.6 is 31.9 Å². The third-order valence-corrected chi connectivity index (χ3v) is 3.92. The number of carbonyl (C=O) groups excluding carboxylic acids is 2. The maximum absolute atomic E-state index is 11.3. The molecule has 0 N–H and O–H groups in total. The first kappa shape index (κ1) is 17.7. The monoisotopic (exact) mass is 440 g/mol. The van der Waals surface area contributed by atoms with E-state index in [-0.39, 0.29) is 11.9 Å². The van der Waals surface area contributed by atoms with Crippen molar-refractivity contribution in [3.05, 3.63) is 56.5 Å². The Balaban J connectivity index is 2.42. The van der Waals surface area contributed by atoms with Gasteiger partial charge >= 0.3 is 11.9 Å². The lowest BCUT2D eigenvalue weighted by Gasteiger charge is -2.13. The van der Waals surface area contributed by atoms with Gasteiger partial charge in [0.1, 0.15) is 11.5 Å². The van der Waals surface area contributed by atoms with Crippen molar-refractivity contribution in [2.45, 2.75) is 20.3 Å². The van der Waals surface area contributed by atoms with Crippen LogP contribution in [-0.4, -0.2) is 11.9 Å². The van der Waals surface area contributed by atoms with Gasteiger partial charge in [0.2, 0.25) is 0 Å². The highest BCUT2D eigenvalue weighted by Crippen LogP contribution is 2.31. The fourth-order valence-corrected chi connectivity index (χ4v) is 2.90. The van der Waals surface area contributed by atoms with Crippen LogP contribution in [0.3, 0.4) is 0 Å². The summed E-state index contributed by atoms with van der Waals surface area (Å²) in [5, 5.41) is 0. The van der Waals surface area contributed by atoms with E-state index in [1.54, 1.807) is 24.3 Å².